The van der Waals surface area contributed by atoms with Crippen molar-refractivity contribution in [3.8, 4) is 17.6 Å². The Bertz CT molecular complexity index is 954. The molecule has 0 aliphatic carbocycles. The highest BCUT2D eigenvalue weighted by atomic mass is 35.5. The number of rotatable bonds is 3. The summed E-state index contributed by atoms with van der Waals surface area (Å²) in [7, 11) is 0. The molecule has 1 aliphatic heterocycles. The molecule has 8 heteroatoms. The Morgan fingerprint density at radius 3 is 2.73 bits per heavy atom. The lowest BCUT2D eigenvalue weighted by Gasteiger charge is -2.19. The Labute approximate surface area is 152 Å². The van der Waals surface area contributed by atoms with Crippen LogP contribution >= 0.6 is 11.6 Å². The molecule has 1 aliphatic rings. The highest BCUT2D eigenvalue weighted by Crippen LogP contribution is 2.38. The Balaban J connectivity index is 1.87. The SMILES string of the molecule is N#C/C(=C\c1cc(Cl)c2c(c1)OCCO2)C(=O)Nc1ccc(F)cc1F. The summed E-state index contributed by atoms with van der Waals surface area (Å²) in [5.74, 6) is -1.77. The maximum atomic E-state index is 13.6. The molecule has 0 bridgehead atoms. The van der Waals surface area contributed by atoms with E-state index in [9.17, 15) is 18.8 Å². The lowest BCUT2D eigenvalue weighted by Crippen LogP contribution is -2.16. The van der Waals surface area contributed by atoms with E-state index in [0.717, 1.165) is 12.1 Å². The van der Waals surface area contributed by atoms with Gasteiger partial charge in [0.25, 0.3) is 5.91 Å². The molecule has 0 aromatic heterocycles. The summed E-state index contributed by atoms with van der Waals surface area (Å²) in [5, 5.41) is 11.7. The highest BCUT2D eigenvalue weighted by molar-refractivity contribution is 6.32. The van der Waals surface area contributed by atoms with Crippen LogP contribution in [-0.2, 0) is 4.79 Å². The first-order chi connectivity index (χ1) is 12.5. The van der Waals surface area contributed by atoms with Gasteiger partial charge in [-0.25, -0.2) is 8.78 Å². The van der Waals surface area contributed by atoms with Crippen LogP contribution in [0.1, 0.15) is 5.56 Å². The molecule has 0 atom stereocenters. The number of fused-ring (bicyclic) bond motifs is 1. The van der Waals surface area contributed by atoms with Gasteiger partial charge < -0.3 is 14.8 Å². The predicted octanol–water partition coefficient (Wildman–Crippen LogP) is 3.94. The standard InChI is InChI=1S/C18H11ClF2N2O3/c19-13-6-10(7-16-17(13)26-4-3-25-16)5-11(9-22)18(24)23-15-2-1-12(20)8-14(15)21/h1-2,5-8H,3-4H2,(H,23,24)/b11-5+. The molecule has 0 saturated heterocycles. The smallest absolute Gasteiger partial charge is 0.266 e. The number of nitrogens with zero attached hydrogens (tertiary/aromatic N) is 1. The molecule has 2 aromatic carbocycles. The zero-order chi connectivity index (χ0) is 18.7. The summed E-state index contributed by atoms with van der Waals surface area (Å²) >= 11 is 6.12. The summed E-state index contributed by atoms with van der Waals surface area (Å²) < 4.78 is 37.4. The Morgan fingerprint density at radius 1 is 1.23 bits per heavy atom. The van der Waals surface area contributed by atoms with E-state index in [4.69, 9.17) is 21.1 Å². The van der Waals surface area contributed by atoms with Gasteiger partial charge in [-0.2, -0.15) is 5.26 Å². The maximum absolute atomic E-state index is 13.6. The van der Waals surface area contributed by atoms with E-state index in [2.05, 4.69) is 5.32 Å². The summed E-state index contributed by atoms with van der Waals surface area (Å²) in [6.07, 6.45) is 1.28. The van der Waals surface area contributed by atoms with Crippen LogP contribution in [0, 0.1) is 23.0 Å². The van der Waals surface area contributed by atoms with Crippen molar-refractivity contribution >= 4 is 29.3 Å². The predicted molar refractivity (Wildman–Crippen MR) is 91.0 cm³/mol. The average Bonchev–Trinajstić information content (AvgIpc) is 2.62. The van der Waals surface area contributed by atoms with Crippen molar-refractivity contribution in [2.45, 2.75) is 0 Å². The molecule has 1 heterocycles. The number of amides is 1. The molecule has 132 valence electrons. The first-order valence-corrected chi connectivity index (χ1v) is 7.83. The van der Waals surface area contributed by atoms with Crippen molar-refractivity contribution in [1.82, 2.24) is 0 Å². The zero-order valence-corrected chi connectivity index (χ0v) is 13.9. The number of carbonyl (C=O) groups excluding carboxylic acids is 1. The normalized spacial score (nSPS) is 13.1. The number of nitriles is 1. The number of hydrogen-bond acceptors (Lipinski definition) is 4. The van der Waals surface area contributed by atoms with Gasteiger partial charge in [-0.15, -0.1) is 0 Å². The Hall–Kier alpha value is -3.11. The molecule has 26 heavy (non-hydrogen) atoms. The number of halogens is 3. The van der Waals surface area contributed by atoms with Crippen LogP contribution in [0.25, 0.3) is 6.08 Å². The quantitative estimate of drug-likeness (QED) is 0.650. The van der Waals surface area contributed by atoms with E-state index in [1.165, 1.54) is 12.1 Å². The van der Waals surface area contributed by atoms with Crippen molar-refractivity contribution in [3.05, 3.63) is 58.1 Å². The van der Waals surface area contributed by atoms with Crippen molar-refractivity contribution in [2.24, 2.45) is 0 Å². The topological polar surface area (TPSA) is 71.3 Å². The monoisotopic (exact) mass is 376 g/mol. The molecule has 2 aromatic rings. The fourth-order valence-electron chi connectivity index (χ4n) is 2.31. The molecule has 5 nitrogen and oxygen atoms in total. The fraction of sp³-hybridized carbons (Fsp3) is 0.111. The molecule has 0 fully saturated rings. The fourth-order valence-corrected chi connectivity index (χ4v) is 2.58. The summed E-state index contributed by atoms with van der Waals surface area (Å²) in [6, 6.07) is 7.52. The Morgan fingerprint density at radius 2 is 2.00 bits per heavy atom. The Kier molecular flexibility index (Phi) is 5.05. The first-order valence-electron chi connectivity index (χ1n) is 7.45. The van der Waals surface area contributed by atoms with E-state index in [0.29, 0.717) is 36.3 Å². The van der Waals surface area contributed by atoms with Crippen LogP contribution in [0.5, 0.6) is 11.5 Å². The van der Waals surface area contributed by atoms with Gasteiger partial charge in [-0.1, -0.05) is 11.6 Å². The third-order valence-electron chi connectivity index (χ3n) is 3.47. The van der Waals surface area contributed by atoms with Gasteiger partial charge in [-0.05, 0) is 35.9 Å². The second-order valence-electron chi connectivity index (χ2n) is 5.28. The van der Waals surface area contributed by atoms with E-state index in [1.807, 2.05) is 0 Å². The number of benzene rings is 2. The number of hydrogen-bond donors (Lipinski definition) is 1. The maximum Gasteiger partial charge on any atom is 0.266 e. The summed E-state index contributed by atoms with van der Waals surface area (Å²) in [6.45, 7) is 0.725. The summed E-state index contributed by atoms with van der Waals surface area (Å²) in [4.78, 5) is 12.2. The van der Waals surface area contributed by atoms with Crippen molar-refractivity contribution in [1.29, 1.82) is 5.26 Å². The molecule has 1 N–H and O–H groups in total. The summed E-state index contributed by atoms with van der Waals surface area (Å²) in [5.41, 5.74) is -0.0928. The molecular weight excluding hydrogens is 366 g/mol. The molecule has 3 rings (SSSR count). The molecule has 0 saturated carbocycles. The van der Waals surface area contributed by atoms with Crippen LogP contribution < -0.4 is 14.8 Å². The van der Waals surface area contributed by atoms with Crippen molar-refractivity contribution in [2.75, 3.05) is 18.5 Å². The second-order valence-corrected chi connectivity index (χ2v) is 5.68. The minimum atomic E-state index is -0.946. The lowest BCUT2D eigenvalue weighted by atomic mass is 10.1. The third-order valence-corrected chi connectivity index (χ3v) is 3.76. The van der Waals surface area contributed by atoms with Gasteiger partial charge in [0.05, 0.1) is 10.7 Å². The largest absolute Gasteiger partial charge is 0.486 e. The molecule has 0 spiro atoms. The van der Waals surface area contributed by atoms with E-state index < -0.39 is 17.5 Å². The minimum absolute atomic E-state index is 0.238. The highest BCUT2D eigenvalue weighted by Gasteiger charge is 2.18. The van der Waals surface area contributed by atoms with E-state index >= 15 is 0 Å². The first kappa shape index (κ1) is 17.7. The van der Waals surface area contributed by atoms with Gasteiger partial charge >= 0.3 is 0 Å². The second kappa shape index (κ2) is 7.42. The van der Waals surface area contributed by atoms with Crippen LogP contribution in [0.4, 0.5) is 14.5 Å². The molecular formula is C18H11ClF2N2O3. The van der Waals surface area contributed by atoms with Crippen LogP contribution in [0.15, 0.2) is 35.9 Å². The minimum Gasteiger partial charge on any atom is -0.486 e. The van der Waals surface area contributed by atoms with Gasteiger partial charge in [0.15, 0.2) is 11.5 Å². The van der Waals surface area contributed by atoms with Crippen LogP contribution in [0.2, 0.25) is 5.02 Å². The van der Waals surface area contributed by atoms with Crippen molar-refractivity contribution in [3.63, 3.8) is 0 Å². The van der Waals surface area contributed by atoms with E-state index in [1.54, 1.807) is 12.1 Å². The molecule has 0 unspecified atom stereocenters. The number of nitrogens with one attached hydrogen (secondary N) is 1. The molecule has 1 amide bonds. The van der Waals surface area contributed by atoms with Crippen LogP contribution in [-0.4, -0.2) is 19.1 Å². The number of carbonyl (C=O) groups is 1. The lowest BCUT2D eigenvalue weighted by molar-refractivity contribution is -0.112. The van der Waals surface area contributed by atoms with Crippen molar-refractivity contribution < 1.29 is 23.0 Å². The van der Waals surface area contributed by atoms with Gasteiger partial charge in [0.1, 0.15) is 36.5 Å². The third kappa shape index (κ3) is 3.76. The molecule has 0 radical (unpaired) electrons. The van der Waals surface area contributed by atoms with Gasteiger partial charge in [0, 0.05) is 6.07 Å². The number of ether oxygens (including phenoxy) is 2. The van der Waals surface area contributed by atoms with Gasteiger partial charge in [-0.3, -0.25) is 4.79 Å². The average molecular weight is 377 g/mol. The van der Waals surface area contributed by atoms with E-state index in [-0.39, 0.29) is 16.3 Å². The number of anilines is 1. The van der Waals surface area contributed by atoms with Gasteiger partial charge in [0.2, 0.25) is 0 Å². The van der Waals surface area contributed by atoms with Crippen LogP contribution in [0.3, 0.4) is 0 Å². The zero-order valence-electron chi connectivity index (χ0n) is 13.2.